The van der Waals surface area contributed by atoms with Gasteiger partial charge in [-0.25, -0.2) is 0 Å². The topological polar surface area (TPSA) is 38.3 Å². The molecule has 0 radical (unpaired) electrons. The summed E-state index contributed by atoms with van der Waals surface area (Å²) in [5, 5.41) is 2.88. The second kappa shape index (κ2) is 7.82. The minimum absolute atomic E-state index is 0.00992. The highest BCUT2D eigenvalue weighted by Gasteiger charge is 2.07. The Morgan fingerprint density at radius 1 is 1.13 bits per heavy atom. The van der Waals surface area contributed by atoms with Gasteiger partial charge in [0.1, 0.15) is 5.75 Å². The molecule has 0 aromatic heterocycles. The molecule has 2 aromatic carbocycles. The van der Waals surface area contributed by atoms with Crippen molar-refractivity contribution in [2.75, 3.05) is 11.9 Å². The van der Waals surface area contributed by atoms with Gasteiger partial charge < -0.3 is 10.1 Å². The zero-order valence-corrected chi connectivity index (χ0v) is 14.3. The lowest BCUT2D eigenvalue weighted by Gasteiger charge is -2.12. The first-order valence-corrected chi connectivity index (χ1v) is 8.09. The largest absolute Gasteiger partial charge is 0.484 e. The van der Waals surface area contributed by atoms with Gasteiger partial charge >= 0.3 is 0 Å². The lowest BCUT2D eigenvalue weighted by Crippen LogP contribution is -2.20. The van der Waals surface area contributed by atoms with E-state index in [1.165, 1.54) is 11.1 Å². The molecule has 0 spiro atoms. The lowest BCUT2D eigenvalue weighted by atomic mass is 9.99. The molecular weight excluding hydrogens is 286 g/mol. The molecule has 0 bridgehead atoms. The third kappa shape index (κ3) is 4.85. The summed E-state index contributed by atoms with van der Waals surface area (Å²) in [6.45, 7) is 8.40. The van der Waals surface area contributed by atoms with Crippen molar-refractivity contribution in [1.82, 2.24) is 0 Å². The molecule has 0 aliphatic rings. The Morgan fingerprint density at radius 3 is 2.43 bits per heavy atom. The fourth-order valence-corrected chi connectivity index (χ4v) is 2.42. The number of aryl methyl sites for hydroxylation is 2. The summed E-state index contributed by atoms with van der Waals surface area (Å²) in [6, 6.07) is 13.9. The molecule has 1 N–H and O–H groups in total. The van der Waals surface area contributed by atoms with Gasteiger partial charge in [0, 0.05) is 5.69 Å². The van der Waals surface area contributed by atoms with Crippen molar-refractivity contribution in [3.63, 3.8) is 0 Å². The summed E-state index contributed by atoms with van der Waals surface area (Å²) in [5.74, 6) is 1.10. The Bertz CT molecular complexity index is 662. The Morgan fingerprint density at radius 2 is 1.83 bits per heavy atom. The van der Waals surface area contributed by atoms with Crippen LogP contribution in [-0.2, 0) is 4.79 Å². The molecular formula is C20H25NO2. The van der Waals surface area contributed by atoms with E-state index in [0.29, 0.717) is 11.7 Å². The summed E-state index contributed by atoms with van der Waals surface area (Å²) in [5.41, 5.74) is 4.35. The number of carbonyl (C=O) groups excluding carboxylic acids is 1. The van der Waals surface area contributed by atoms with Crippen molar-refractivity contribution in [2.24, 2.45) is 0 Å². The fraction of sp³-hybridized carbons (Fsp3) is 0.350. The highest BCUT2D eigenvalue weighted by atomic mass is 16.5. The minimum atomic E-state index is -0.150. The predicted octanol–water partition coefficient (Wildman–Crippen LogP) is 4.83. The van der Waals surface area contributed by atoms with Crippen molar-refractivity contribution in [2.45, 2.75) is 40.0 Å². The smallest absolute Gasteiger partial charge is 0.262 e. The van der Waals surface area contributed by atoms with E-state index in [-0.39, 0.29) is 12.5 Å². The van der Waals surface area contributed by atoms with E-state index in [9.17, 15) is 4.79 Å². The average Bonchev–Trinajstić information content (AvgIpc) is 2.55. The maximum absolute atomic E-state index is 12.0. The van der Waals surface area contributed by atoms with Gasteiger partial charge in [0.25, 0.3) is 5.91 Å². The monoisotopic (exact) mass is 311 g/mol. The van der Waals surface area contributed by atoms with Crippen LogP contribution >= 0.6 is 0 Å². The fourth-order valence-electron chi connectivity index (χ4n) is 2.42. The van der Waals surface area contributed by atoms with Gasteiger partial charge in [0.15, 0.2) is 6.61 Å². The first-order chi connectivity index (χ1) is 11.0. The van der Waals surface area contributed by atoms with E-state index in [1.807, 2.05) is 44.2 Å². The number of ether oxygens (including phenoxy) is 1. The van der Waals surface area contributed by atoms with E-state index in [2.05, 4.69) is 31.3 Å². The van der Waals surface area contributed by atoms with E-state index in [4.69, 9.17) is 4.74 Å². The number of benzene rings is 2. The van der Waals surface area contributed by atoms with E-state index < -0.39 is 0 Å². The summed E-state index contributed by atoms with van der Waals surface area (Å²) < 4.78 is 5.56. The van der Waals surface area contributed by atoms with Crippen LogP contribution in [0.25, 0.3) is 0 Å². The first-order valence-electron chi connectivity index (χ1n) is 8.09. The molecule has 0 saturated heterocycles. The lowest BCUT2D eigenvalue weighted by molar-refractivity contribution is -0.118. The van der Waals surface area contributed by atoms with Gasteiger partial charge in [-0.3, -0.25) is 4.79 Å². The number of nitrogens with one attached hydrogen (secondary N) is 1. The molecule has 0 saturated carbocycles. The molecule has 1 amide bonds. The van der Waals surface area contributed by atoms with E-state index in [0.717, 1.165) is 17.7 Å². The number of rotatable bonds is 6. The molecule has 23 heavy (non-hydrogen) atoms. The van der Waals surface area contributed by atoms with Gasteiger partial charge in [0.2, 0.25) is 0 Å². The van der Waals surface area contributed by atoms with Crippen molar-refractivity contribution in [3.8, 4) is 5.75 Å². The summed E-state index contributed by atoms with van der Waals surface area (Å²) in [6.07, 6.45) is 1.11. The quantitative estimate of drug-likeness (QED) is 0.829. The number of anilines is 1. The second-order valence-corrected chi connectivity index (χ2v) is 6.03. The van der Waals surface area contributed by atoms with Crippen molar-refractivity contribution in [3.05, 3.63) is 59.2 Å². The van der Waals surface area contributed by atoms with Crippen LogP contribution in [-0.4, -0.2) is 12.5 Å². The first kappa shape index (κ1) is 17.1. The molecule has 0 unspecified atom stereocenters. The van der Waals surface area contributed by atoms with Gasteiger partial charge in [-0.05, 0) is 55.5 Å². The summed E-state index contributed by atoms with van der Waals surface area (Å²) in [4.78, 5) is 12.0. The van der Waals surface area contributed by atoms with Crippen LogP contribution in [0.15, 0.2) is 42.5 Å². The van der Waals surface area contributed by atoms with Gasteiger partial charge in [-0.15, -0.1) is 0 Å². The molecule has 0 fully saturated rings. The van der Waals surface area contributed by atoms with Crippen molar-refractivity contribution in [1.29, 1.82) is 0 Å². The van der Waals surface area contributed by atoms with Gasteiger partial charge in [-0.2, -0.15) is 0 Å². The van der Waals surface area contributed by atoms with Crippen LogP contribution in [0.5, 0.6) is 5.75 Å². The second-order valence-electron chi connectivity index (χ2n) is 6.03. The van der Waals surface area contributed by atoms with E-state index in [1.54, 1.807) is 0 Å². The molecule has 3 heteroatoms. The molecule has 2 rings (SSSR count). The van der Waals surface area contributed by atoms with Crippen LogP contribution in [0, 0.1) is 13.8 Å². The Hall–Kier alpha value is -2.29. The molecule has 3 nitrogen and oxygen atoms in total. The molecule has 0 heterocycles. The van der Waals surface area contributed by atoms with Crippen LogP contribution in [0.1, 0.15) is 42.9 Å². The molecule has 0 aliphatic heterocycles. The van der Waals surface area contributed by atoms with Crippen LogP contribution in [0.3, 0.4) is 0 Å². The SMILES string of the molecule is CC[C@@H](C)c1ccc(OCC(=O)Nc2ccc(C)cc2C)cc1. The standard InChI is InChI=1S/C20H25NO2/c1-5-15(3)17-7-9-18(10-8-17)23-13-20(22)21-19-11-6-14(2)12-16(19)4/h6-12,15H,5,13H2,1-4H3,(H,21,22)/t15-/m1/s1. The maximum Gasteiger partial charge on any atom is 0.262 e. The third-order valence-corrected chi connectivity index (χ3v) is 4.09. The van der Waals surface area contributed by atoms with E-state index >= 15 is 0 Å². The zero-order chi connectivity index (χ0) is 16.8. The molecule has 122 valence electrons. The van der Waals surface area contributed by atoms with Crippen LogP contribution < -0.4 is 10.1 Å². The molecule has 2 aromatic rings. The van der Waals surface area contributed by atoms with Crippen LogP contribution in [0.4, 0.5) is 5.69 Å². The van der Waals surface area contributed by atoms with Crippen LogP contribution in [0.2, 0.25) is 0 Å². The van der Waals surface area contributed by atoms with Crippen molar-refractivity contribution < 1.29 is 9.53 Å². The Kier molecular flexibility index (Phi) is 5.80. The summed E-state index contributed by atoms with van der Waals surface area (Å²) >= 11 is 0. The minimum Gasteiger partial charge on any atom is -0.484 e. The van der Waals surface area contributed by atoms with Gasteiger partial charge in [-0.1, -0.05) is 43.7 Å². The highest BCUT2D eigenvalue weighted by molar-refractivity contribution is 5.92. The normalized spacial score (nSPS) is 11.8. The predicted molar refractivity (Wildman–Crippen MR) is 95.2 cm³/mol. The average molecular weight is 311 g/mol. The Balaban J connectivity index is 1.89. The van der Waals surface area contributed by atoms with Gasteiger partial charge in [0.05, 0.1) is 0 Å². The third-order valence-electron chi connectivity index (χ3n) is 4.09. The number of amides is 1. The molecule has 0 aliphatic carbocycles. The highest BCUT2D eigenvalue weighted by Crippen LogP contribution is 2.21. The van der Waals surface area contributed by atoms with Crippen molar-refractivity contribution >= 4 is 11.6 Å². The Labute approximate surface area is 138 Å². The number of hydrogen-bond acceptors (Lipinski definition) is 2. The summed E-state index contributed by atoms with van der Waals surface area (Å²) in [7, 11) is 0. The number of carbonyl (C=O) groups is 1. The number of hydrogen-bond donors (Lipinski definition) is 1. The maximum atomic E-state index is 12.0. The molecule has 1 atom stereocenters. The zero-order valence-electron chi connectivity index (χ0n) is 14.3.